The van der Waals surface area contributed by atoms with E-state index in [0.29, 0.717) is 0 Å². The van der Waals surface area contributed by atoms with Gasteiger partial charge in [0, 0.05) is 23.1 Å². The van der Waals surface area contributed by atoms with Crippen LogP contribution in [-0.4, -0.2) is 17.6 Å². The molecule has 0 spiro atoms. The highest BCUT2D eigenvalue weighted by Gasteiger charge is 2.33. The fraction of sp³-hybridized carbons (Fsp3) is 1.00. The quantitative estimate of drug-likeness (QED) is 0.336. The van der Waals surface area contributed by atoms with E-state index < -0.39 is 0 Å². The van der Waals surface area contributed by atoms with E-state index in [1.54, 1.807) is 22.7 Å². The zero-order valence-electron chi connectivity index (χ0n) is 4.78. The van der Waals surface area contributed by atoms with Gasteiger partial charge in [0.2, 0.25) is 0 Å². The first kappa shape index (κ1) is 7.11. The lowest BCUT2D eigenvalue weighted by Gasteiger charge is -2.31. The lowest BCUT2D eigenvalue weighted by Crippen LogP contribution is -2.19. The largest absolute Gasteiger partial charge is 0.231 e. The molecule has 0 amide bonds. The molecule has 52 valence electrons. The molecule has 2 fully saturated rings. The summed E-state index contributed by atoms with van der Waals surface area (Å²) in [6.45, 7) is 0. The maximum Gasteiger partial charge on any atom is 0.0781 e. The van der Waals surface area contributed by atoms with E-state index >= 15 is 0 Å². The van der Waals surface area contributed by atoms with Gasteiger partial charge in [-0.05, 0) is 19.7 Å². The summed E-state index contributed by atoms with van der Waals surface area (Å²) in [5.41, 5.74) is 1.02. The normalized spacial score (nSPS) is 42.7. The third-order valence-electron chi connectivity index (χ3n) is 1.55. The van der Waals surface area contributed by atoms with Gasteiger partial charge in [-0.1, -0.05) is 10.8 Å². The summed E-state index contributed by atoms with van der Waals surface area (Å²) in [6.07, 6.45) is 2.89. The Hall–Kier alpha value is 1.44. The smallest absolute Gasteiger partial charge is 0.0781 e. The summed E-state index contributed by atoms with van der Waals surface area (Å²) in [4.78, 5) is 0. The highest BCUT2D eigenvalue weighted by molar-refractivity contribution is 8.77. The monoisotopic (exact) mass is 198 g/mol. The zero-order chi connectivity index (χ0) is 6.10. The van der Waals surface area contributed by atoms with Gasteiger partial charge in [-0.25, -0.2) is 3.63 Å². The van der Waals surface area contributed by atoms with Crippen molar-refractivity contribution < 1.29 is 3.63 Å². The Labute approximate surface area is 68.4 Å². The van der Waals surface area contributed by atoms with Gasteiger partial charge < -0.3 is 0 Å². The maximum atomic E-state index is 5.25. The molecule has 0 aliphatic carbocycles. The van der Waals surface area contributed by atoms with Crippen LogP contribution < -0.4 is 0 Å². The van der Waals surface area contributed by atoms with Gasteiger partial charge in [0.05, 0.1) is 11.1 Å². The van der Waals surface area contributed by atoms with Gasteiger partial charge in [0.25, 0.3) is 0 Å². The van der Waals surface area contributed by atoms with Crippen molar-refractivity contribution in [2.45, 2.75) is 12.1 Å². The predicted octanol–water partition coefficient (Wildman–Crippen LogP) is 3.13. The number of hydrogen-bond donors (Lipinski definition) is 0. The molecule has 2 aliphatic heterocycles. The Kier molecular flexibility index (Phi) is 2.55. The molecule has 0 N–H and O–H groups in total. The van der Waals surface area contributed by atoms with Crippen LogP contribution >= 0.6 is 40.7 Å². The van der Waals surface area contributed by atoms with Gasteiger partial charge in [0.1, 0.15) is 0 Å². The molecular weight excluding hydrogens is 191 g/mol. The Morgan fingerprint density at radius 1 is 1.56 bits per heavy atom. The summed E-state index contributed by atoms with van der Waals surface area (Å²) < 4.78 is 5.25. The highest BCUT2D eigenvalue weighted by atomic mass is 33.1. The van der Waals surface area contributed by atoms with Crippen LogP contribution in [0.2, 0.25) is 0 Å². The molecule has 0 aromatic heterocycles. The van der Waals surface area contributed by atoms with Crippen LogP contribution in [0.25, 0.3) is 0 Å². The van der Waals surface area contributed by atoms with Crippen LogP contribution in [0.4, 0.5) is 0 Å². The summed E-state index contributed by atoms with van der Waals surface area (Å²) in [5.74, 6) is 1.32. The summed E-state index contributed by atoms with van der Waals surface area (Å²) in [7, 11) is 2.12. The average molecular weight is 198 g/mol. The topological polar surface area (TPSA) is 9.23 Å². The Bertz CT molecular complexity index is 100.0. The van der Waals surface area contributed by atoms with E-state index in [-0.39, 0.29) is 7.12 Å². The van der Waals surface area contributed by atoms with Gasteiger partial charge >= 0.3 is 0 Å². The first-order valence-electron chi connectivity index (χ1n) is 2.86. The molecular formula is C4H7OPS3. The van der Waals surface area contributed by atoms with E-state index in [1.807, 2.05) is 10.8 Å². The van der Waals surface area contributed by atoms with Crippen molar-refractivity contribution in [3.63, 3.8) is 0 Å². The fourth-order valence-corrected chi connectivity index (χ4v) is 8.41. The van der Waals surface area contributed by atoms with Gasteiger partial charge in [0.15, 0.2) is 0 Å². The SMILES string of the molecule is C1CP2SOSSCC12. The first-order valence-corrected chi connectivity index (χ1v) is 8.05. The van der Waals surface area contributed by atoms with E-state index in [0.717, 1.165) is 5.66 Å². The van der Waals surface area contributed by atoms with Crippen LogP contribution in [0, 0.1) is 0 Å². The van der Waals surface area contributed by atoms with Gasteiger partial charge in [-0.15, -0.1) is 0 Å². The molecule has 2 rings (SSSR count). The molecule has 0 saturated carbocycles. The number of rotatable bonds is 0. The Morgan fingerprint density at radius 3 is 3.33 bits per heavy atom. The fourth-order valence-electron chi connectivity index (χ4n) is 0.859. The lowest BCUT2D eigenvalue weighted by molar-refractivity contribution is 0.780. The van der Waals surface area contributed by atoms with Gasteiger partial charge in [-0.2, -0.15) is 0 Å². The van der Waals surface area contributed by atoms with Crippen LogP contribution in [-0.2, 0) is 3.63 Å². The standard InChI is InChI=1S/C4H7OPS3/c1-2-6-4(1)3-7-9-5-8-6/h4H,1-3H2. The van der Waals surface area contributed by atoms with E-state index in [2.05, 4.69) is 0 Å². The molecule has 2 aliphatic rings. The maximum absolute atomic E-state index is 5.25. The van der Waals surface area contributed by atoms with Crippen molar-refractivity contribution >= 4 is 40.7 Å². The summed E-state index contributed by atoms with van der Waals surface area (Å²) in [6, 6.07) is 0. The van der Waals surface area contributed by atoms with Crippen molar-refractivity contribution in [3.8, 4) is 0 Å². The third kappa shape index (κ3) is 1.54. The molecule has 5 heteroatoms. The van der Waals surface area contributed by atoms with Gasteiger partial charge in [-0.3, -0.25) is 0 Å². The van der Waals surface area contributed by atoms with E-state index in [9.17, 15) is 0 Å². The number of hydrogen-bond acceptors (Lipinski definition) is 4. The molecule has 2 saturated heterocycles. The van der Waals surface area contributed by atoms with Crippen LogP contribution in [0.15, 0.2) is 0 Å². The lowest BCUT2D eigenvalue weighted by atomic mass is 10.3. The van der Waals surface area contributed by atoms with Crippen molar-refractivity contribution in [3.05, 3.63) is 0 Å². The second kappa shape index (κ2) is 3.22. The number of fused-ring (bicyclic) bond motifs is 1. The molecule has 2 heterocycles. The molecule has 2 atom stereocenters. The molecule has 0 radical (unpaired) electrons. The molecule has 0 aromatic rings. The highest BCUT2D eigenvalue weighted by Crippen LogP contribution is 2.67. The first-order chi connectivity index (χ1) is 4.47. The molecule has 1 nitrogen and oxygen atoms in total. The second-order valence-electron chi connectivity index (χ2n) is 2.08. The minimum Gasteiger partial charge on any atom is -0.231 e. The van der Waals surface area contributed by atoms with Crippen LogP contribution in [0.1, 0.15) is 6.42 Å². The van der Waals surface area contributed by atoms with Crippen molar-refractivity contribution in [2.75, 3.05) is 11.9 Å². The van der Waals surface area contributed by atoms with Crippen LogP contribution in [0.5, 0.6) is 0 Å². The Balaban J connectivity index is 1.90. The Morgan fingerprint density at radius 2 is 2.56 bits per heavy atom. The van der Waals surface area contributed by atoms with E-state index in [4.69, 9.17) is 3.63 Å². The summed E-state index contributed by atoms with van der Waals surface area (Å²) >= 11 is 3.30. The molecule has 2 unspecified atom stereocenters. The molecule has 0 bridgehead atoms. The minimum absolute atomic E-state index is 0.254. The zero-order valence-corrected chi connectivity index (χ0v) is 8.12. The predicted molar refractivity (Wildman–Crippen MR) is 48.9 cm³/mol. The van der Waals surface area contributed by atoms with Crippen LogP contribution in [0.3, 0.4) is 0 Å². The minimum atomic E-state index is 0.254. The second-order valence-corrected chi connectivity index (χ2v) is 8.46. The third-order valence-corrected chi connectivity index (χ3v) is 8.81. The molecule has 9 heavy (non-hydrogen) atoms. The molecule has 0 aromatic carbocycles. The average Bonchev–Trinajstić information content (AvgIpc) is 1.94. The summed E-state index contributed by atoms with van der Waals surface area (Å²) in [5, 5.41) is 0. The van der Waals surface area contributed by atoms with E-state index in [1.165, 1.54) is 18.3 Å². The van der Waals surface area contributed by atoms with Crippen molar-refractivity contribution in [1.82, 2.24) is 0 Å². The van der Waals surface area contributed by atoms with Crippen molar-refractivity contribution in [1.29, 1.82) is 0 Å². The van der Waals surface area contributed by atoms with Crippen molar-refractivity contribution in [2.24, 2.45) is 0 Å².